The van der Waals surface area contributed by atoms with E-state index in [2.05, 4.69) is 601 Å². The van der Waals surface area contributed by atoms with Gasteiger partial charge in [-0.2, -0.15) is 0 Å². The zero-order valence-corrected chi connectivity index (χ0v) is 82.5. The van der Waals surface area contributed by atoms with Gasteiger partial charge in [-0.1, -0.05) is 437 Å². The summed E-state index contributed by atoms with van der Waals surface area (Å²) in [5.74, 6) is 1.55. The summed E-state index contributed by atoms with van der Waals surface area (Å²) in [6.07, 6.45) is 0. The first kappa shape index (κ1) is 91.5. The first-order valence-corrected chi connectivity index (χ1v) is 51.3. The molecule has 3 heteroatoms. The topological polar surface area (TPSA) is 38.7 Å². The molecule has 0 bridgehead atoms. The number of hydrogen-bond donors (Lipinski definition) is 0. The molecule has 0 fully saturated rings. The van der Waals surface area contributed by atoms with E-state index in [1.54, 1.807) is 0 Å². The molecule has 0 aliphatic heterocycles. The Morgan fingerprint density at radius 1 is 0.0667 bits per heavy atom. The quantitative estimate of drug-likeness (QED) is 0.0605. The van der Waals surface area contributed by atoms with Gasteiger partial charge in [0.1, 0.15) is 0 Å². The van der Waals surface area contributed by atoms with Crippen LogP contribution in [0, 0.1) is 0 Å². The van der Waals surface area contributed by atoms with Crippen LogP contribution >= 0.6 is 0 Å². The molecule has 0 spiro atoms. The van der Waals surface area contributed by atoms with E-state index in [1.165, 1.54) is 0 Å². The van der Waals surface area contributed by atoms with Gasteiger partial charge < -0.3 is 0 Å². The fourth-order valence-corrected chi connectivity index (χ4v) is 21.1. The minimum absolute atomic E-state index is 0.502. The number of nitrogens with zero attached hydrogens (tertiary/aromatic N) is 3. The van der Waals surface area contributed by atoms with E-state index in [9.17, 15) is 0 Å². The number of benzene rings is 24. The number of hydrogen-bond acceptors (Lipinski definition) is 3. The number of rotatable bonds is 24. The van der Waals surface area contributed by atoms with Crippen molar-refractivity contribution in [3.63, 3.8) is 0 Å². The average molecular weight is 1910 g/mol. The maximum atomic E-state index is 5.88. The normalized spacial score (nSPS) is 11.2. The minimum Gasteiger partial charge on any atom is -0.208 e. The molecule has 150 heavy (non-hydrogen) atoms. The Morgan fingerprint density at radius 2 is 0.193 bits per heavy atom. The van der Waals surface area contributed by atoms with E-state index < -0.39 is 0 Å². The van der Waals surface area contributed by atoms with Crippen molar-refractivity contribution >= 4 is 0 Å². The highest BCUT2D eigenvalue weighted by Gasteiger charge is 2.25. The Morgan fingerprint density at radius 3 is 0.393 bits per heavy atom. The Bertz CT molecular complexity index is 8380. The van der Waals surface area contributed by atoms with Gasteiger partial charge in [-0.3, -0.25) is 0 Å². The average Bonchev–Trinajstić information content (AvgIpc) is 0.752. The van der Waals surface area contributed by atoms with E-state index in [-0.39, 0.29) is 0 Å². The molecule has 25 rings (SSSR count). The van der Waals surface area contributed by atoms with E-state index in [1.807, 2.05) is 0 Å². The third kappa shape index (κ3) is 19.8. The van der Waals surface area contributed by atoms with Gasteiger partial charge in [-0.15, -0.1) is 0 Å². The molecule has 24 aromatic carbocycles. The van der Waals surface area contributed by atoms with Crippen LogP contribution in [0.25, 0.3) is 268 Å². The number of aromatic nitrogens is 3. The molecule has 0 saturated heterocycles. The van der Waals surface area contributed by atoms with Gasteiger partial charge >= 0.3 is 0 Å². The van der Waals surface area contributed by atoms with Crippen molar-refractivity contribution < 1.29 is 0 Å². The van der Waals surface area contributed by atoms with Crippen molar-refractivity contribution in [3.8, 4) is 268 Å². The maximum absolute atomic E-state index is 5.88. The third-order valence-corrected chi connectivity index (χ3v) is 28.7. The molecule has 3 nitrogen and oxygen atoms in total. The standard InChI is InChI=1S/C147H99N3/c1-13-41-100(42-14-1)117-75-118(101-43-15-2-16-44-101)82-129(81-117)112-65-39-67-114(73-112)145-148-146(115-68-40-66-113(74-115)130-83-119(102-45-17-3-18-46-102)76-120(84-130)103-47-19-4-20-48-103)150-147(149-145)116-71-72-143(144(99-116)140-97-137(133-89-125(108-57-29-9-30-58-108)79-126(90-133)109-59-31-10-32-60-109)94-138(98-140)134-91-127(110-61-33-11-34-62-110)80-128(92-134)111-63-35-12-36-64-111)142-70-38-37-69-141(142)139-95-135(131-85-121(104-49-21-5-22-50-104)77-122(86-131)105-51-23-6-24-52-105)93-136(96-139)132-87-123(106-53-25-7-26-54-106)78-124(88-132)107-55-27-8-28-56-107/h1-99H. The summed E-state index contributed by atoms with van der Waals surface area (Å²) in [6.45, 7) is 0. The second kappa shape index (κ2) is 41.6. The Kier molecular flexibility index (Phi) is 25.3. The maximum Gasteiger partial charge on any atom is 0.164 e. The zero-order valence-electron chi connectivity index (χ0n) is 82.5. The second-order valence-electron chi connectivity index (χ2n) is 38.6. The molecule has 1 aromatic heterocycles. The van der Waals surface area contributed by atoms with Gasteiger partial charge in [-0.25, -0.2) is 15.0 Å². The van der Waals surface area contributed by atoms with Gasteiger partial charge in [-0.05, 0) is 397 Å². The molecule has 0 radical (unpaired) electrons. The van der Waals surface area contributed by atoms with E-state index in [0.717, 1.165) is 250 Å². The van der Waals surface area contributed by atoms with Crippen LogP contribution in [0.2, 0.25) is 0 Å². The van der Waals surface area contributed by atoms with Gasteiger partial charge in [0.15, 0.2) is 17.5 Å². The lowest BCUT2D eigenvalue weighted by molar-refractivity contribution is 1.07. The third-order valence-electron chi connectivity index (χ3n) is 28.7. The summed E-state index contributed by atoms with van der Waals surface area (Å²) >= 11 is 0. The lowest BCUT2D eigenvalue weighted by Gasteiger charge is -2.20. The predicted octanol–water partition coefficient (Wildman–Crippen LogP) is 39.9. The molecule has 0 atom stereocenters. The van der Waals surface area contributed by atoms with Crippen molar-refractivity contribution in [1.82, 2.24) is 15.0 Å². The van der Waals surface area contributed by atoms with Crippen molar-refractivity contribution in [2.24, 2.45) is 0 Å². The molecular weight excluding hydrogens is 1810 g/mol. The predicted molar refractivity (Wildman–Crippen MR) is 630 cm³/mol. The van der Waals surface area contributed by atoms with Crippen molar-refractivity contribution in [2.75, 3.05) is 0 Å². The summed E-state index contributed by atoms with van der Waals surface area (Å²) in [4.78, 5) is 17.5. The largest absolute Gasteiger partial charge is 0.208 e. The molecule has 0 aliphatic carbocycles. The lowest BCUT2D eigenvalue weighted by Crippen LogP contribution is -2.01. The van der Waals surface area contributed by atoms with Crippen LogP contribution in [0.4, 0.5) is 0 Å². The zero-order chi connectivity index (χ0) is 99.8. The molecule has 25 aromatic rings. The molecule has 0 amide bonds. The fourth-order valence-electron chi connectivity index (χ4n) is 21.1. The first-order chi connectivity index (χ1) is 74.2. The summed E-state index contributed by atoms with van der Waals surface area (Å²) in [6, 6.07) is 220. The molecule has 0 saturated carbocycles. The van der Waals surface area contributed by atoms with Crippen LogP contribution < -0.4 is 0 Å². The highest BCUT2D eigenvalue weighted by Crippen LogP contribution is 2.50. The summed E-state index contributed by atoms with van der Waals surface area (Å²) in [7, 11) is 0. The Balaban J connectivity index is 0.758. The Labute approximate surface area is 876 Å². The van der Waals surface area contributed by atoms with Gasteiger partial charge in [0.2, 0.25) is 0 Å². The smallest absolute Gasteiger partial charge is 0.164 e. The monoisotopic (exact) mass is 1910 g/mol. The molecule has 0 aliphatic rings. The lowest BCUT2D eigenvalue weighted by atomic mass is 9.84. The SMILES string of the molecule is c1ccc(-c2cc(-c3ccccc3)cc(-c3cccc(-c4nc(-c5cccc(-c6cc(-c7ccccc7)cc(-c7ccccc7)c6)c5)nc(-c5ccc(-c6ccccc6-c6cc(-c7cc(-c8ccccc8)cc(-c8ccccc8)c7)cc(-c7cc(-c8ccccc8)cc(-c8ccccc8)c7)c6)c(-c6cc(-c7cc(-c8ccccc8)cc(-c8ccccc8)c7)cc(-c7cc(-c8ccccc8)cc(-c8ccccc8)c7)c6)c5)n4)c3)c2)cc1. The summed E-state index contributed by atoms with van der Waals surface area (Å²) in [5, 5.41) is 0. The fraction of sp³-hybridized carbons (Fsp3) is 0. The van der Waals surface area contributed by atoms with Crippen LogP contribution in [0.5, 0.6) is 0 Å². The second-order valence-corrected chi connectivity index (χ2v) is 38.6. The molecule has 0 N–H and O–H groups in total. The first-order valence-electron chi connectivity index (χ1n) is 51.3. The molecule has 702 valence electrons. The van der Waals surface area contributed by atoms with Crippen molar-refractivity contribution in [1.29, 1.82) is 0 Å². The molecule has 0 unspecified atom stereocenters. The minimum atomic E-state index is 0.502. The van der Waals surface area contributed by atoms with E-state index in [4.69, 9.17) is 15.0 Å². The van der Waals surface area contributed by atoms with Crippen LogP contribution in [0.15, 0.2) is 601 Å². The summed E-state index contributed by atoms with van der Waals surface area (Å²) < 4.78 is 0. The van der Waals surface area contributed by atoms with Gasteiger partial charge in [0, 0.05) is 16.7 Å². The molecule has 1 heterocycles. The highest BCUT2D eigenvalue weighted by atomic mass is 15.0. The van der Waals surface area contributed by atoms with Crippen LogP contribution in [0.3, 0.4) is 0 Å². The molecular formula is C147H99N3. The van der Waals surface area contributed by atoms with Gasteiger partial charge in [0.25, 0.3) is 0 Å². The van der Waals surface area contributed by atoms with E-state index in [0.29, 0.717) is 17.5 Å². The van der Waals surface area contributed by atoms with E-state index >= 15 is 0 Å². The van der Waals surface area contributed by atoms with Gasteiger partial charge in [0.05, 0.1) is 0 Å². The van der Waals surface area contributed by atoms with Crippen LogP contribution in [-0.4, -0.2) is 15.0 Å². The highest BCUT2D eigenvalue weighted by molar-refractivity contribution is 6.00. The van der Waals surface area contributed by atoms with Crippen LogP contribution in [0.1, 0.15) is 0 Å². The van der Waals surface area contributed by atoms with Crippen molar-refractivity contribution in [2.45, 2.75) is 0 Å². The van der Waals surface area contributed by atoms with Crippen LogP contribution in [-0.2, 0) is 0 Å². The Hall–Kier alpha value is -19.7. The van der Waals surface area contributed by atoms with Crippen molar-refractivity contribution in [3.05, 3.63) is 601 Å². The summed E-state index contributed by atoms with van der Waals surface area (Å²) in [5.41, 5.74) is 48.1.